The summed E-state index contributed by atoms with van der Waals surface area (Å²) in [7, 11) is 1.46. The summed E-state index contributed by atoms with van der Waals surface area (Å²) in [4.78, 5) is 0. The minimum absolute atomic E-state index is 0.171. The molecule has 0 spiro atoms. The number of rotatable bonds is 5. The van der Waals surface area contributed by atoms with Crippen molar-refractivity contribution in [1.82, 2.24) is 0 Å². The Labute approximate surface area is 115 Å². The Balaban J connectivity index is 2.35. The second-order valence-corrected chi connectivity index (χ2v) is 5.03. The maximum Gasteiger partial charge on any atom is 0.131 e. The van der Waals surface area contributed by atoms with E-state index >= 15 is 0 Å². The summed E-state index contributed by atoms with van der Waals surface area (Å²) in [6.07, 6.45) is 3.76. The number of hydrogen-bond donors (Lipinski definition) is 0. The Kier molecular flexibility index (Phi) is 4.27. The summed E-state index contributed by atoms with van der Waals surface area (Å²) in [5, 5.41) is 12.0. The zero-order chi connectivity index (χ0) is 13.7. The molecule has 1 fully saturated rings. The van der Waals surface area contributed by atoms with E-state index in [0.717, 1.165) is 38.2 Å². The molecule has 1 heterocycles. The average molecular weight is 259 g/mol. The van der Waals surface area contributed by atoms with E-state index in [9.17, 15) is 5.11 Å². The molecule has 0 amide bonds. The second-order valence-electron chi connectivity index (χ2n) is 5.03. The lowest BCUT2D eigenvalue weighted by atomic mass is 10.1. The maximum atomic E-state index is 12.0. The van der Waals surface area contributed by atoms with Crippen LogP contribution in [0.25, 0.3) is 0 Å². The van der Waals surface area contributed by atoms with Crippen molar-refractivity contribution in [3.63, 3.8) is 0 Å². The van der Waals surface area contributed by atoms with Crippen molar-refractivity contribution in [2.75, 3.05) is 20.2 Å². The number of hydrogen-bond acceptors (Lipinski definition) is 2. The fraction of sp³-hybridized carbons (Fsp3) is 0.375. The van der Waals surface area contributed by atoms with Gasteiger partial charge in [0.2, 0.25) is 0 Å². The normalized spacial score (nSPS) is 25.1. The Morgan fingerprint density at radius 3 is 2.79 bits per heavy atom. The van der Waals surface area contributed by atoms with Gasteiger partial charge in [0.15, 0.2) is 0 Å². The highest BCUT2D eigenvalue weighted by Crippen LogP contribution is 2.34. The van der Waals surface area contributed by atoms with E-state index < -0.39 is 0 Å². The van der Waals surface area contributed by atoms with Crippen LogP contribution in [0.3, 0.4) is 0 Å². The third-order valence-corrected chi connectivity index (χ3v) is 3.80. The van der Waals surface area contributed by atoms with Gasteiger partial charge in [0, 0.05) is 18.4 Å². The van der Waals surface area contributed by atoms with Gasteiger partial charge in [-0.05, 0) is 13.2 Å². The zero-order valence-electron chi connectivity index (χ0n) is 11.5. The molecule has 3 heteroatoms. The van der Waals surface area contributed by atoms with Crippen LogP contribution in [-0.4, -0.2) is 24.7 Å². The Morgan fingerprint density at radius 2 is 2.16 bits per heavy atom. The Morgan fingerprint density at radius 1 is 1.42 bits per heavy atom. The fourth-order valence-electron chi connectivity index (χ4n) is 2.96. The van der Waals surface area contributed by atoms with Gasteiger partial charge in [-0.25, -0.2) is 0 Å². The van der Waals surface area contributed by atoms with Gasteiger partial charge >= 0.3 is 0 Å². The molecular formula is C16H21NO2. The largest absolute Gasteiger partial charge is 0.613 e. The van der Waals surface area contributed by atoms with E-state index in [1.807, 2.05) is 24.3 Å². The smallest absolute Gasteiger partial charge is 0.131 e. The summed E-state index contributed by atoms with van der Waals surface area (Å²) < 4.78 is 5.61. The molecule has 1 aromatic carbocycles. The van der Waals surface area contributed by atoms with Crippen LogP contribution in [0.2, 0.25) is 0 Å². The molecule has 1 aromatic rings. The van der Waals surface area contributed by atoms with Gasteiger partial charge in [-0.2, -0.15) is 0 Å². The molecule has 0 radical (unpaired) electrons. The summed E-state index contributed by atoms with van der Waals surface area (Å²) >= 11 is 0. The highest BCUT2D eigenvalue weighted by atomic mass is 16.6. The Bertz CT molecular complexity index is 467. The summed E-state index contributed by atoms with van der Waals surface area (Å²) in [6, 6.07) is 10.3. The van der Waals surface area contributed by atoms with Gasteiger partial charge in [0.1, 0.15) is 24.7 Å². The van der Waals surface area contributed by atoms with E-state index in [0.29, 0.717) is 4.48 Å². The fourth-order valence-corrected chi connectivity index (χ4v) is 2.96. The number of quaternary nitrogens is 1. The van der Waals surface area contributed by atoms with Gasteiger partial charge in [-0.15, -0.1) is 0 Å². The minimum Gasteiger partial charge on any atom is -0.613 e. The molecule has 0 saturated carbocycles. The molecule has 0 aliphatic carbocycles. The number of methoxy groups -OCH3 is 1. The van der Waals surface area contributed by atoms with Crippen molar-refractivity contribution in [3.8, 4) is 0 Å². The topological polar surface area (TPSA) is 32.3 Å². The van der Waals surface area contributed by atoms with Crippen molar-refractivity contribution >= 4 is 0 Å². The minimum atomic E-state index is -0.171. The molecule has 2 rings (SSSR count). The van der Waals surface area contributed by atoms with Gasteiger partial charge in [-0.1, -0.05) is 36.9 Å². The quantitative estimate of drug-likeness (QED) is 0.461. The van der Waals surface area contributed by atoms with Gasteiger partial charge in [0.25, 0.3) is 0 Å². The molecule has 0 bridgehead atoms. The predicted molar refractivity (Wildman–Crippen MR) is 73.6 cm³/mol. The molecule has 102 valence electrons. The van der Waals surface area contributed by atoms with E-state index in [-0.39, 0.29) is 5.95 Å². The van der Waals surface area contributed by atoms with Crippen LogP contribution >= 0.6 is 0 Å². The van der Waals surface area contributed by atoms with E-state index in [2.05, 4.69) is 18.7 Å². The molecule has 1 aliphatic heterocycles. The van der Waals surface area contributed by atoms with E-state index in [4.69, 9.17) is 4.74 Å². The second kappa shape index (κ2) is 5.93. The number of allylic oxidation sites excluding steroid dienone is 1. The molecule has 1 saturated heterocycles. The lowest BCUT2D eigenvalue weighted by molar-refractivity contribution is -0.893. The third-order valence-electron chi connectivity index (χ3n) is 3.80. The van der Waals surface area contributed by atoms with Crippen molar-refractivity contribution < 1.29 is 14.3 Å². The average Bonchev–Trinajstić information content (AvgIpc) is 2.83. The Hall–Kier alpha value is -1.74. The zero-order valence-corrected chi connectivity index (χ0v) is 11.5. The summed E-state index contributed by atoms with van der Waals surface area (Å²) in [5.41, 5.74) is 2.12. The van der Waals surface area contributed by atoms with Crippen molar-refractivity contribution in [1.29, 1.82) is 0 Å². The number of ether oxygens (including phenoxy) is 1. The molecule has 0 unspecified atom stereocenters. The van der Waals surface area contributed by atoms with Gasteiger partial charge in [-0.3, -0.25) is 4.48 Å². The lowest BCUT2D eigenvalue weighted by Gasteiger charge is -2.36. The molecular weight excluding hydrogens is 238 g/mol. The highest BCUT2D eigenvalue weighted by molar-refractivity contribution is 5.14. The predicted octanol–water partition coefficient (Wildman–Crippen LogP) is 2.16. The molecule has 19 heavy (non-hydrogen) atoms. The number of likely N-dealkylation sites (tertiary alicyclic amines) is 1. The van der Waals surface area contributed by atoms with Crippen LogP contribution in [0.5, 0.6) is 0 Å². The third kappa shape index (κ3) is 2.82. The van der Waals surface area contributed by atoms with Crippen molar-refractivity contribution in [3.05, 3.63) is 60.2 Å². The first-order chi connectivity index (χ1) is 9.22. The number of nitrogens with zero attached hydrogens (tertiary/aromatic N) is 1. The molecule has 3 nitrogen and oxygen atoms in total. The first-order valence-electron chi connectivity index (χ1n) is 6.67. The van der Waals surface area contributed by atoms with Crippen molar-refractivity contribution in [2.45, 2.75) is 19.4 Å². The first kappa shape index (κ1) is 13.7. The van der Waals surface area contributed by atoms with E-state index in [1.165, 1.54) is 12.7 Å². The SMILES string of the molecule is C=CC[N@@+]1(Cc2ccccc2)CCC/C1=C(\[O-])OC. The van der Waals surface area contributed by atoms with Crippen LogP contribution in [-0.2, 0) is 11.3 Å². The van der Waals surface area contributed by atoms with E-state index in [1.54, 1.807) is 0 Å². The van der Waals surface area contributed by atoms with Crippen LogP contribution in [0.4, 0.5) is 0 Å². The number of benzene rings is 1. The van der Waals surface area contributed by atoms with Crippen molar-refractivity contribution in [2.24, 2.45) is 0 Å². The first-order valence-corrected chi connectivity index (χ1v) is 6.67. The van der Waals surface area contributed by atoms with Gasteiger partial charge in [0.05, 0.1) is 6.54 Å². The van der Waals surface area contributed by atoms with Crippen LogP contribution in [0, 0.1) is 0 Å². The highest BCUT2D eigenvalue weighted by Gasteiger charge is 2.37. The maximum absolute atomic E-state index is 12.0. The van der Waals surface area contributed by atoms with Crippen LogP contribution in [0.1, 0.15) is 18.4 Å². The van der Waals surface area contributed by atoms with Crippen LogP contribution in [0.15, 0.2) is 54.6 Å². The summed E-state index contributed by atoms with van der Waals surface area (Å²) in [6.45, 7) is 6.43. The molecule has 0 N–H and O–H groups in total. The van der Waals surface area contributed by atoms with Crippen LogP contribution < -0.4 is 5.11 Å². The molecule has 1 atom stereocenters. The molecule has 0 aromatic heterocycles. The monoisotopic (exact) mass is 259 g/mol. The standard InChI is InChI=1S/C16H21NO2/c1-3-11-17(13-14-8-5-4-6-9-14)12-7-10-15(17)16(18)19-2/h3-6,8-9H,1,7,10-13H2,2H3/b16-15-/t17-/m0/s1. The lowest BCUT2D eigenvalue weighted by Crippen LogP contribution is -2.44. The summed E-state index contributed by atoms with van der Waals surface area (Å²) in [5.74, 6) is -0.171. The van der Waals surface area contributed by atoms with Gasteiger partial charge < -0.3 is 9.84 Å². The molecule has 1 aliphatic rings.